The van der Waals surface area contributed by atoms with Crippen LogP contribution in [0.1, 0.15) is 50.5 Å². The first-order valence-corrected chi connectivity index (χ1v) is 8.60. The second kappa shape index (κ2) is 11.1. The molecule has 1 saturated heterocycles. The molecule has 0 N–H and O–H groups in total. The molecule has 1 aliphatic rings. The number of nitrogens with zero attached hydrogens (tertiary/aromatic N) is 2. The SMILES string of the molecule is CC.CC.CCN1CCN(C(=O)c2cccc(C(F)(F)F)c2)CC1. The molecule has 1 aromatic rings. The first kappa shape index (κ1) is 22.4. The largest absolute Gasteiger partial charge is 0.416 e. The lowest BCUT2D eigenvalue weighted by atomic mass is 10.1. The zero-order valence-corrected chi connectivity index (χ0v) is 15.3. The molecule has 24 heavy (non-hydrogen) atoms. The van der Waals surface area contributed by atoms with Crippen LogP contribution in [-0.2, 0) is 6.18 Å². The fourth-order valence-corrected chi connectivity index (χ4v) is 2.28. The zero-order valence-electron chi connectivity index (χ0n) is 15.3. The van der Waals surface area contributed by atoms with Gasteiger partial charge >= 0.3 is 6.18 Å². The highest BCUT2D eigenvalue weighted by atomic mass is 19.4. The Hall–Kier alpha value is -1.56. The van der Waals surface area contributed by atoms with Gasteiger partial charge in [0.2, 0.25) is 0 Å². The molecule has 138 valence electrons. The van der Waals surface area contributed by atoms with Gasteiger partial charge in [0, 0.05) is 31.7 Å². The van der Waals surface area contributed by atoms with E-state index in [-0.39, 0.29) is 11.5 Å². The van der Waals surface area contributed by atoms with Gasteiger partial charge in [-0.15, -0.1) is 0 Å². The summed E-state index contributed by atoms with van der Waals surface area (Å²) in [7, 11) is 0. The van der Waals surface area contributed by atoms with Crippen molar-refractivity contribution >= 4 is 5.91 Å². The van der Waals surface area contributed by atoms with Gasteiger partial charge < -0.3 is 9.80 Å². The lowest BCUT2D eigenvalue weighted by Crippen LogP contribution is -2.48. The smallest absolute Gasteiger partial charge is 0.336 e. The van der Waals surface area contributed by atoms with Crippen molar-refractivity contribution < 1.29 is 18.0 Å². The highest BCUT2D eigenvalue weighted by molar-refractivity contribution is 5.94. The fourth-order valence-electron chi connectivity index (χ4n) is 2.28. The number of alkyl halides is 3. The Kier molecular flexibility index (Phi) is 10.4. The van der Waals surface area contributed by atoms with Crippen molar-refractivity contribution in [3.05, 3.63) is 35.4 Å². The van der Waals surface area contributed by atoms with Crippen molar-refractivity contribution in [3.8, 4) is 0 Å². The molecule has 0 bridgehead atoms. The first-order chi connectivity index (χ1) is 11.4. The van der Waals surface area contributed by atoms with Crippen LogP contribution in [-0.4, -0.2) is 48.4 Å². The quantitative estimate of drug-likeness (QED) is 0.785. The summed E-state index contributed by atoms with van der Waals surface area (Å²) in [6.07, 6.45) is -4.42. The van der Waals surface area contributed by atoms with Gasteiger partial charge in [-0.1, -0.05) is 40.7 Å². The Balaban J connectivity index is 0.00000123. The summed E-state index contributed by atoms with van der Waals surface area (Å²) in [6.45, 7) is 13.6. The summed E-state index contributed by atoms with van der Waals surface area (Å²) < 4.78 is 37.9. The summed E-state index contributed by atoms with van der Waals surface area (Å²) in [5.41, 5.74) is -0.680. The molecule has 1 amide bonds. The molecule has 1 aromatic carbocycles. The third-order valence-corrected chi connectivity index (χ3v) is 3.54. The molecule has 1 heterocycles. The number of amides is 1. The molecule has 1 fully saturated rings. The normalized spacial score (nSPS) is 14.9. The predicted molar refractivity (Wildman–Crippen MR) is 92.2 cm³/mol. The second-order valence-electron chi connectivity index (χ2n) is 4.81. The first-order valence-electron chi connectivity index (χ1n) is 8.60. The van der Waals surface area contributed by atoms with Crippen LogP contribution in [0.3, 0.4) is 0 Å². The van der Waals surface area contributed by atoms with Crippen molar-refractivity contribution in [3.63, 3.8) is 0 Å². The fraction of sp³-hybridized carbons (Fsp3) is 0.611. The molecule has 0 aliphatic carbocycles. The van der Waals surface area contributed by atoms with E-state index in [4.69, 9.17) is 0 Å². The number of piperazine rings is 1. The lowest BCUT2D eigenvalue weighted by molar-refractivity contribution is -0.137. The number of halogens is 3. The second-order valence-corrected chi connectivity index (χ2v) is 4.81. The minimum absolute atomic E-state index is 0.102. The summed E-state index contributed by atoms with van der Waals surface area (Å²) in [4.78, 5) is 16.0. The van der Waals surface area contributed by atoms with Gasteiger partial charge in [0.15, 0.2) is 0 Å². The van der Waals surface area contributed by atoms with E-state index >= 15 is 0 Å². The maximum absolute atomic E-state index is 12.6. The maximum atomic E-state index is 12.6. The van der Waals surface area contributed by atoms with E-state index in [0.29, 0.717) is 13.1 Å². The van der Waals surface area contributed by atoms with E-state index in [1.807, 2.05) is 34.6 Å². The van der Waals surface area contributed by atoms with Crippen molar-refractivity contribution in [2.45, 2.75) is 40.8 Å². The highest BCUT2D eigenvalue weighted by Crippen LogP contribution is 2.29. The predicted octanol–water partition coefficient (Wildman–Crippen LogP) is 4.54. The van der Waals surface area contributed by atoms with Gasteiger partial charge in [-0.3, -0.25) is 4.79 Å². The van der Waals surface area contributed by atoms with E-state index in [1.54, 1.807) is 4.90 Å². The number of carbonyl (C=O) groups excluding carboxylic acids is 1. The van der Waals surface area contributed by atoms with Crippen LogP contribution in [0.15, 0.2) is 24.3 Å². The molecule has 0 spiro atoms. The number of hydrogen-bond acceptors (Lipinski definition) is 2. The van der Waals surface area contributed by atoms with Gasteiger partial charge in [0.1, 0.15) is 0 Å². The molecule has 2 rings (SSSR count). The lowest BCUT2D eigenvalue weighted by Gasteiger charge is -2.34. The Morgan fingerprint density at radius 3 is 2.04 bits per heavy atom. The van der Waals surface area contributed by atoms with E-state index < -0.39 is 11.7 Å². The third-order valence-electron chi connectivity index (χ3n) is 3.54. The Morgan fingerprint density at radius 1 is 1.04 bits per heavy atom. The molecule has 0 radical (unpaired) electrons. The molecular formula is C18H29F3N2O. The van der Waals surface area contributed by atoms with Crippen molar-refractivity contribution in [2.75, 3.05) is 32.7 Å². The summed E-state index contributed by atoms with van der Waals surface area (Å²) in [5, 5.41) is 0. The molecule has 0 atom stereocenters. The van der Waals surface area contributed by atoms with E-state index in [0.717, 1.165) is 31.8 Å². The molecular weight excluding hydrogens is 317 g/mol. The van der Waals surface area contributed by atoms with Crippen LogP contribution < -0.4 is 0 Å². The van der Waals surface area contributed by atoms with Gasteiger partial charge in [-0.2, -0.15) is 13.2 Å². The van der Waals surface area contributed by atoms with Crippen molar-refractivity contribution in [1.29, 1.82) is 0 Å². The summed E-state index contributed by atoms with van der Waals surface area (Å²) in [5.74, 6) is -0.327. The van der Waals surface area contributed by atoms with Crippen molar-refractivity contribution in [1.82, 2.24) is 9.80 Å². The van der Waals surface area contributed by atoms with E-state index in [9.17, 15) is 18.0 Å². The minimum Gasteiger partial charge on any atom is -0.336 e. The number of carbonyl (C=O) groups is 1. The molecule has 1 aliphatic heterocycles. The average Bonchev–Trinajstić information content (AvgIpc) is 2.64. The van der Waals surface area contributed by atoms with Crippen molar-refractivity contribution in [2.24, 2.45) is 0 Å². The Morgan fingerprint density at radius 2 is 1.58 bits per heavy atom. The van der Waals surface area contributed by atoms with E-state index in [2.05, 4.69) is 4.90 Å². The Labute approximate surface area is 143 Å². The molecule has 6 heteroatoms. The number of rotatable bonds is 2. The maximum Gasteiger partial charge on any atom is 0.416 e. The van der Waals surface area contributed by atoms with Gasteiger partial charge in [-0.25, -0.2) is 0 Å². The summed E-state index contributed by atoms with van der Waals surface area (Å²) in [6, 6.07) is 4.61. The van der Waals surface area contributed by atoms with Crippen LogP contribution in [0.4, 0.5) is 13.2 Å². The standard InChI is InChI=1S/C14H17F3N2O.2C2H6/c1-2-18-6-8-19(9-7-18)13(20)11-4-3-5-12(10-11)14(15,16)17;2*1-2/h3-5,10H,2,6-9H2,1H3;2*1-2H3. The van der Waals surface area contributed by atoms with Crippen LogP contribution in [0.25, 0.3) is 0 Å². The monoisotopic (exact) mass is 346 g/mol. The van der Waals surface area contributed by atoms with Crippen LogP contribution >= 0.6 is 0 Å². The molecule has 0 aromatic heterocycles. The minimum atomic E-state index is -4.42. The van der Waals surface area contributed by atoms with Crippen LogP contribution in [0.5, 0.6) is 0 Å². The average molecular weight is 346 g/mol. The van der Waals surface area contributed by atoms with Crippen LogP contribution in [0, 0.1) is 0 Å². The molecule has 0 saturated carbocycles. The number of hydrogen-bond donors (Lipinski definition) is 0. The van der Waals surface area contributed by atoms with Crippen LogP contribution in [0.2, 0.25) is 0 Å². The Bertz CT molecular complexity index is 481. The number of benzene rings is 1. The van der Waals surface area contributed by atoms with Gasteiger partial charge in [0.05, 0.1) is 5.56 Å². The van der Waals surface area contributed by atoms with Gasteiger partial charge in [0.25, 0.3) is 5.91 Å². The molecule has 3 nitrogen and oxygen atoms in total. The topological polar surface area (TPSA) is 23.6 Å². The van der Waals surface area contributed by atoms with E-state index in [1.165, 1.54) is 12.1 Å². The third kappa shape index (κ3) is 6.51. The van der Waals surface area contributed by atoms with Gasteiger partial charge in [-0.05, 0) is 24.7 Å². The zero-order chi connectivity index (χ0) is 18.8. The molecule has 0 unspecified atom stereocenters. The number of likely N-dealkylation sites (N-methyl/N-ethyl adjacent to an activating group) is 1. The highest BCUT2D eigenvalue weighted by Gasteiger charge is 2.31. The summed E-state index contributed by atoms with van der Waals surface area (Å²) >= 11 is 0.